The molecule has 0 amide bonds. The molecule has 0 spiro atoms. The molecule has 0 radical (unpaired) electrons. The van der Waals surface area contributed by atoms with E-state index in [4.69, 9.17) is 0 Å². The van der Waals surface area contributed by atoms with Crippen molar-refractivity contribution in [3.8, 4) is 17.0 Å². The molecule has 0 fully saturated rings. The van der Waals surface area contributed by atoms with Crippen LogP contribution in [0.5, 0.6) is 5.88 Å². The van der Waals surface area contributed by atoms with E-state index in [9.17, 15) is 22.0 Å². The molecule has 0 aliphatic heterocycles. The summed E-state index contributed by atoms with van der Waals surface area (Å²) < 4.78 is 66.7. The van der Waals surface area contributed by atoms with Crippen molar-refractivity contribution in [2.45, 2.75) is 19.4 Å². The largest absolute Gasteiger partial charge is 0.479 e. The van der Waals surface area contributed by atoms with Crippen molar-refractivity contribution >= 4 is 12.0 Å². The second-order valence-corrected chi connectivity index (χ2v) is 4.42. The Morgan fingerprint density at radius 2 is 1.64 bits per heavy atom. The van der Waals surface area contributed by atoms with Gasteiger partial charge in [-0.2, -0.15) is 13.2 Å². The average Bonchev–Trinajstić information content (AvgIpc) is 2.49. The third kappa shape index (κ3) is 5.51. The van der Waals surface area contributed by atoms with E-state index in [2.05, 4.69) is 9.17 Å². The van der Waals surface area contributed by atoms with Gasteiger partial charge in [0.25, 0.3) is 0 Å². The first-order valence-corrected chi connectivity index (χ1v) is 6.93. The number of rotatable bonds is 3. The number of pyridine rings is 1. The molecule has 2 rings (SSSR count). The Kier molecular flexibility index (Phi) is 6.61. The van der Waals surface area contributed by atoms with Gasteiger partial charge in [0.1, 0.15) is 11.6 Å². The fraction of sp³-hybridized carbons (Fsp3) is 0.214. The molecule has 0 saturated carbocycles. The van der Waals surface area contributed by atoms with E-state index in [1.165, 1.54) is 12.1 Å². The predicted octanol–water partition coefficient (Wildman–Crippen LogP) is 5.60. The maximum atomic E-state index is 13.6. The van der Waals surface area contributed by atoms with E-state index in [1.54, 1.807) is 0 Å². The minimum atomic E-state index is -4.59. The van der Waals surface area contributed by atoms with Gasteiger partial charge in [0.15, 0.2) is 12.0 Å². The van der Waals surface area contributed by atoms with Crippen LogP contribution < -0.4 is 4.18 Å². The molecule has 120 valence electrons. The van der Waals surface area contributed by atoms with Crippen molar-refractivity contribution in [1.82, 2.24) is 4.98 Å². The first-order valence-electron chi connectivity index (χ1n) is 6.19. The molecule has 0 unspecified atom stereocenters. The second kappa shape index (κ2) is 7.98. The van der Waals surface area contributed by atoms with E-state index in [0.29, 0.717) is 5.56 Å². The molecule has 1 aromatic carbocycles. The Balaban J connectivity index is 0.00000116. The van der Waals surface area contributed by atoms with Crippen molar-refractivity contribution in [2.75, 3.05) is 0 Å². The second-order valence-electron chi connectivity index (χ2n) is 3.62. The summed E-state index contributed by atoms with van der Waals surface area (Å²) in [6.07, 6.45) is 0.741. The highest BCUT2D eigenvalue weighted by Gasteiger charge is 2.31. The summed E-state index contributed by atoms with van der Waals surface area (Å²) in [5, 5.41) is 0. The molecule has 0 atom stereocenters. The Hall–Kier alpha value is -1.83. The first-order chi connectivity index (χ1) is 10.3. The molecule has 0 saturated heterocycles. The summed E-state index contributed by atoms with van der Waals surface area (Å²) >= 11 is -0.746. The van der Waals surface area contributed by atoms with E-state index in [0.717, 1.165) is 24.4 Å². The van der Waals surface area contributed by atoms with Crippen LogP contribution in [0, 0.1) is 11.6 Å². The third-order valence-corrected chi connectivity index (χ3v) is 2.65. The van der Waals surface area contributed by atoms with Crippen LogP contribution in [-0.2, 0) is 0 Å². The van der Waals surface area contributed by atoms with E-state index < -0.39 is 35.1 Å². The maximum absolute atomic E-state index is 13.6. The Morgan fingerprint density at radius 3 is 2.18 bits per heavy atom. The lowest BCUT2D eigenvalue weighted by Gasteiger charge is -2.08. The van der Waals surface area contributed by atoms with Crippen molar-refractivity contribution < 1.29 is 26.1 Å². The van der Waals surface area contributed by atoms with Gasteiger partial charge in [0, 0.05) is 11.6 Å². The lowest BCUT2D eigenvalue weighted by molar-refractivity contribution is -0.0370. The molecule has 1 aromatic heterocycles. The fourth-order valence-corrected chi connectivity index (χ4v) is 1.68. The van der Waals surface area contributed by atoms with Crippen LogP contribution in [0.15, 0.2) is 36.5 Å². The van der Waals surface area contributed by atoms with Crippen molar-refractivity contribution in [1.29, 1.82) is 0 Å². The Labute approximate surface area is 128 Å². The number of hydrogen-bond acceptors (Lipinski definition) is 3. The van der Waals surface area contributed by atoms with Crippen LogP contribution in [0.1, 0.15) is 13.8 Å². The minimum Gasteiger partial charge on any atom is -0.397 e. The minimum absolute atomic E-state index is 0.0298. The van der Waals surface area contributed by atoms with Gasteiger partial charge in [0.2, 0.25) is 5.88 Å². The van der Waals surface area contributed by atoms with Crippen LogP contribution in [0.2, 0.25) is 0 Å². The first kappa shape index (κ1) is 18.2. The van der Waals surface area contributed by atoms with Crippen LogP contribution >= 0.6 is 12.0 Å². The summed E-state index contributed by atoms with van der Waals surface area (Å²) in [4.78, 5) is 3.39. The van der Waals surface area contributed by atoms with Crippen LogP contribution in [0.3, 0.4) is 0 Å². The third-order valence-electron chi connectivity index (χ3n) is 2.21. The zero-order valence-electron chi connectivity index (χ0n) is 11.6. The standard InChI is InChI=1S/C12H6F5NOS.C2H6/c13-8-3-1-7(2-4-8)9-5-11(18-6-10(9)14)19-20-12(15,16)17;1-2/h1-6H;1-2H3. The summed E-state index contributed by atoms with van der Waals surface area (Å²) in [5.41, 5.74) is -4.32. The number of benzene rings is 1. The van der Waals surface area contributed by atoms with Crippen molar-refractivity contribution in [3.63, 3.8) is 0 Å². The highest BCUT2D eigenvalue weighted by molar-refractivity contribution is 7.95. The fourth-order valence-electron chi connectivity index (χ4n) is 1.41. The Morgan fingerprint density at radius 1 is 1.05 bits per heavy atom. The van der Waals surface area contributed by atoms with Gasteiger partial charge < -0.3 is 4.18 Å². The quantitative estimate of drug-likeness (QED) is 0.538. The zero-order chi connectivity index (χ0) is 16.8. The Bertz CT molecular complexity index is 601. The molecular formula is C14H12F5NOS. The van der Waals surface area contributed by atoms with E-state index >= 15 is 0 Å². The lowest BCUT2D eigenvalue weighted by atomic mass is 10.1. The highest BCUT2D eigenvalue weighted by Crippen LogP contribution is 2.33. The summed E-state index contributed by atoms with van der Waals surface area (Å²) in [6.45, 7) is 4.00. The van der Waals surface area contributed by atoms with Crippen LogP contribution in [-0.4, -0.2) is 10.5 Å². The predicted molar refractivity (Wildman–Crippen MR) is 75.2 cm³/mol. The lowest BCUT2D eigenvalue weighted by Crippen LogP contribution is -2.03. The van der Waals surface area contributed by atoms with Crippen molar-refractivity contribution in [2.24, 2.45) is 0 Å². The van der Waals surface area contributed by atoms with Crippen LogP contribution in [0.4, 0.5) is 22.0 Å². The SMILES string of the molecule is CC.Fc1ccc(-c2cc(OSC(F)(F)F)ncc2F)cc1. The normalized spacial score (nSPS) is 10.7. The number of alkyl halides is 3. The van der Waals surface area contributed by atoms with E-state index in [1.807, 2.05) is 13.8 Å². The number of aromatic nitrogens is 1. The maximum Gasteiger partial charge on any atom is 0.479 e. The van der Waals surface area contributed by atoms with Gasteiger partial charge in [-0.05, 0) is 17.7 Å². The number of halogens is 5. The monoisotopic (exact) mass is 337 g/mol. The smallest absolute Gasteiger partial charge is 0.397 e. The van der Waals surface area contributed by atoms with E-state index in [-0.39, 0.29) is 5.56 Å². The molecule has 1 heterocycles. The number of nitrogens with zero attached hydrogens (tertiary/aromatic N) is 1. The molecule has 2 aromatic rings. The van der Waals surface area contributed by atoms with Gasteiger partial charge in [-0.25, -0.2) is 13.8 Å². The number of hydrogen-bond donors (Lipinski definition) is 0. The van der Waals surface area contributed by atoms with Gasteiger partial charge in [-0.1, -0.05) is 26.0 Å². The molecule has 0 bridgehead atoms. The van der Waals surface area contributed by atoms with Gasteiger partial charge in [-0.15, -0.1) is 0 Å². The molecule has 0 aliphatic carbocycles. The van der Waals surface area contributed by atoms with Crippen LogP contribution in [0.25, 0.3) is 11.1 Å². The van der Waals surface area contributed by atoms with Gasteiger partial charge in [0.05, 0.1) is 6.20 Å². The topological polar surface area (TPSA) is 22.1 Å². The highest BCUT2D eigenvalue weighted by atomic mass is 32.2. The summed E-state index contributed by atoms with van der Waals surface area (Å²) in [5.74, 6) is -1.65. The molecule has 0 aliphatic rings. The zero-order valence-corrected chi connectivity index (χ0v) is 12.4. The van der Waals surface area contributed by atoms with Crippen molar-refractivity contribution in [3.05, 3.63) is 48.2 Å². The molecular weight excluding hydrogens is 325 g/mol. The summed E-state index contributed by atoms with van der Waals surface area (Å²) in [7, 11) is 0. The molecule has 2 nitrogen and oxygen atoms in total. The molecule has 8 heteroatoms. The van der Waals surface area contributed by atoms with Gasteiger partial charge >= 0.3 is 5.51 Å². The molecule has 22 heavy (non-hydrogen) atoms. The molecule has 0 N–H and O–H groups in total. The van der Waals surface area contributed by atoms with Gasteiger partial charge in [-0.3, -0.25) is 0 Å². The summed E-state index contributed by atoms with van der Waals surface area (Å²) in [6, 6.07) is 5.84. The average molecular weight is 337 g/mol.